The van der Waals surface area contributed by atoms with Crippen LogP contribution in [0.25, 0.3) is 0 Å². The van der Waals surface area contributed by atoms with Crippen LogP contribution in [0, 0.1) is 29.6 Å². The van der Waals surface area contributed by atoms with Crippen molar-refractivity contribution in [3.63, 3.8) is 0 Å². The number of thioether (sulfide) groups is 1. The second-order valence-corrected chi connectivity index (χ2v) is 11.1. The zero-order valence-corrected chi connectivity index (χ0v) is 17.3. The number of aliphatic carboxylic acids is 1. The van der Waals surface area contributed by atoms with Crippen LogP contribution in [0.4, 0.5) is 0 Å². The summed E-state index contributed by atoms with van der Waals surface area (Å²) >= 11 is 2.95. The van der Waals surface area contributed by atoms with Gasteiger partial charge in [-0.15, -0.1) is 11.8 Å². The van der Waals surface area contributed by atoms with E-state index in [0.29, 0.717) is 6.42 Å². The van der Waals surface area contributed by atoms with Crippen molar-refractivity contribution < 1.29 is 19.5 Å². The van der Waals surface area contributed by atoms with Gasteiger partial charge in [0.15, 0.2) is 0 Å². The van der Waals surface area contributed by atoms with E-state index in [4.69, 9.17) is 5.11 Å². The highest BCUT2D eigenvalue weighted by molar-refractivity contribution is 8.00. The number of nitrogens with zero attached hydrogens (tertiary/aromatic N) is 1. The topological polar surface area (TPSA) is 108 Å². The molecule has 3 fully saturated rings. The van der Waals surface area contributed by atoms with E-state index >= 15 is 0 Å². The maximum absolute atomic E-state index is 13.1. The molecule has 7 nitrogen and oxygen atoms in total. The highest BCUT2D eigenvalue weighted by Gasteiger charge is 2.70. The van der Waals surface area contributed by atoms with Gasteiger partial charge in [-0.05, 0) is 30.6 Å². The molecule has 2 saturated carbocycles. The normalized spacial score (nSPS) is 37.1. The zero-order valence-electron chi connectivity index (χ0n) is 15.6. The Bertz CT molecular complexity index is 950. The number of aromatic nitrogens is 1. The van der Waals surface area contributed by atoms with Crippen molar-refractivity contribution in [1.29, 1.82) is 0 Å². The first kappa shape index (κ1) is 18.4. The van der Waals surface area contributed by atoms with Crippen molar-refractivity contribution in [3.05, 3.63) is 14.5 Å². The van der Waals surface area contributed by atoms with Crippen LogP contribution < -0.4 is 4.87 Å². The molecule has 0 aromatic carbocycles. The fourth-order valence-electron chi connectivity index (χ4n) is 6.32. The molecule has 2 bridgehead atoms. The molecule has 6 unspecified atom stereocenters. The molecule has 3 heterocycles. The number of thiazole rings is 1. The summed E-state index contributed by atoms with van der Waals surface area (Å²) in [6.45, 7) is 4.52. The Morgan fingerprint density at radius 2 is 1.89 bits per heavy atom. The number of imide groups is 1. The quantitative estimate of drug-likeness (QED) is 0.718. The van der Waals surface area contributed by atoms with E-state index in [1.807, 2.05) is 0 Å². The van der Waals surface area contributed by atoms with Crippen molar-refractivity contribution in [1.82, 2.24) is 9.88 Å². The number of hydrogen-bond donors (Lipinski definition) is 2. The Hall–Kier alpha value is -1.61. The minimum Gasteiger partial charge on any atom is -0.481 e. The molecular weight excluding hydrogens is 400 g/mol. The third-order valence-electron chi connectivity index (χ3n) is 7.25. The smallest absolute Gasteiger partial charge is 0.305 e. The van der Waals surface area contributed by atoms with Gasteiger partial charge in [0.1, 0.15) is 0 Å². The van der Waals surface area contributed by atoms with Gasteiger partial charge < -0.3 is 10.1 Å². The highest BCUT2D eigenvalue weighted by Crippen LogP contribution is 2.68. The van der Waals surface area contributed by atoms with Gasteiger partial charge in [0.05, 0.1) is 16.9 Å². The van der Waals surface area contributed by atoms with Crippen LogP contribution in [-0.2, 0) is 19.8 Å². The fourth-order valence-corrected chi connectivity index (χ4v) is 9.48. The molecule has 6 atom stereocenters. The number of H-pyrrole nitrogens is 1. The van der Waals surface area contributed by atoms with Gasteiger partial charge >= 0.3 is 10.8 Å². The van der Waals surface area contributed by atoms with Crippen LogP contribution >= 0.6 is 23.1 Å². The van der Waals surface area contributed by atoms with Gasteiger partial charge in [0.2, 0.25) is 11.8 Å². The first-order chi connectivity index (χ1) is 13.2. The van der Waals surface area contributed by atoms with Crippen LogP contribution in [0.3, 0.4) is 0 Å². The summed E-state index contributed by atoms with van der Waals surface area (Å²) in [5.41, 5.74) is -0.209. The number of likely N-dealkylation sites (tertiary alicyclic amines) is 1. The van der Waals surface area contributed by atoms with E-state index < -0.39 is 5.97 Å². The summed E-state index contributed by atoms with van der Waals surface area (Å²) in [5.74, 6) is -1.15. The zero-order chi connectivity index (χ0) is 20.0. The maximum Gasteiger partial charge on any atom is 0.305 e. The summed E-state index contributed by atoms with van der Waals surface area (Å²) in [6, 6.07) is 0. The van der Waals surface area contributed by atoms with E-state index in [1.165, 1.54) is 16.2 Å². The maximum atomic E-state index is 13.1. The summed E-state index contributed by atoms with van der Waals surface area (Å²) in [5, 5.41) is 10.0. The summed E-state index contributed by atoms with van der Waals surface area (Å²) < 4.78 is 0. The van der Waals surface area contributed by atoms with Gasteiger partial charge in [-0.3, -0.25) is 24.1 Å². The van der Waals surface area contributed by atoms with Crippen molar-refractivity contribution in [3.8, 4) is 0 Å². The first-order valence-corrected chi connectivity index (χ1v) is 11.4. The lowest BCUT2D eigenvalue weighted by molar-refractivity contribution is -0.142. The molecule has 1 aromatic rings. The Morgan fingerprint density at radius 3 is 2.57 bits per heavy atom. The van der Waals surface area contributed by atoms with Crippen molar-refractivity contribution >= 4 is 40.9 Å². The number of carboxylic acid groups (broad SMARTS) is 1. The molecule has 2 N–H and O–H groups in total. The molecule has 2 aliphatic heterocycles. The molecule has 0 spiro atoms. The Labute approximate surface area is 169 Å². The fraction of sp³-hybridized carbons (Fsp3) is 0.684. The second kappa shape index (κ2) is 5.95. The summed E-state index contributed by atoms with van der Waals surface area (Å²) in [7, 11) is 0. The van der Waals surface area contributed by atoms with Gasteiger partial charge in [-0.1, -0.05) is 25.2 Å². The lowest BCUT2D eigenvalue weighted by Gasteiger charge is -2.47. The van der Waals surface area contributed by atoms with Gasteiger partial charge in [0, 0.05) is 28.5 Å². The number of aromatic amines is 1. The van der Waals surface area contributed by atoms with Crippen LogP contribution in [0.5, 0.6) is 0 Å². The lowest BCUT2D eigenvalue weighted by atomic mass is 9.64. The number of amides is 2. The number of rotatable bonds is 4. The molecule has 150 valence electrons. The highest BCUT2D eigenvalue weighted by atomic mass is 32.2. The molecule has 1 saturated heterocycles. The van der Waals surface area contributed by atoms with Crippen LogP contribution in [0.2, 0.25) is 0 Å². The Balaban J connectivity index is 1.46. The summed E-state index contributed by atoms with van der Waals surface area (Å²) in [4.78, 5) is 54.2. The Morgan fingerprint density at radius 1 is 1.21 bits per heavy atom. The van der Waals surface area contributed by atoms with Crippen LogP contribution in [0.15, 0.2) is 9.82 Å². The molecule has 0 radical (unpaired) electrons. The molecule has 9 heteroatoms. The minimum atomic E-state index is -0.913. The second-order valence-electron chi connectivity index (χ2n) is 8.94. The van der Waals surface area contributed by atoms with Crippen molar-refractivity contribution in [2.45, 2.75) is 48.8 Å². The van der Waals surface area contributed by atoms with Crippen molar-refractivity contribution in [2.75, 3.05) is 6.54 Å². The largest absolute Gasteiger partial charge is 0.481 e. The predicted octanol–water partition coefficient (Wildman–Crippen LogP) is 1.92. The molecule has 2 amide bonds. The number of hydrogen-bond acceptors (Lipinski definition) is 6. The molecule has 28 heavy (non-hydrogen) atoms. The van der Waals surface area contributed by atoms with E-state index in [9.17, 15) is 19.2 Å². The third-order valence-corrected chi connectivity index (χ3v) is 10.1. The van der Waals surface area contributed by atoms with Crippen molar-refractivity contribution in [2.24, 2.45) is 29.6 Å². The number of fused-ring (bicyclic) bond motifs is 9. The van der Waals surface area contributed by atoms with Crippen LogP contribution in [0.1, 0.15) is 38.0 Å². The Kier molecular flexibility index (Phi) is 3.91. The number of nitrogens with one attached hydrogen (secondary N) is 1. The standard InChI is InChI=1S/C19H22N2O5S2/c1-19(2)12-7-6-8(13(12)27-15-14(19)28-18(26)20-15)11-10(7)16(24)21(17(11)25)5-3-4-9(22)23/h7-8,10-13H,3-6H2,1-2H3,(H,20,26)(H,22,23). The van der Waals surface area contributed by atoms with Crippen LogP contribution in [-0.4, -0.2) is 44.6 Å². The van der Waals surface area contributed by atoms with Gasteiger partial charge in [0.25, 0.3) is 0 Å². The summed E-state index contributed by atoms with van der Waals surface area (Å²) in [6.07, 6.45) is 1.15. The van der Waals surface area contributed by atoms with E-state index in [0.717, 1.165) is 16.3 Å². The first-order valence-electron chi connectivity index (χ1n) is 9.69. The van der Waals surface area contributed by atoms with E-state index in [1.54, 1.807) is 11.8 Å². The number of carboxylic acids is 1. The van der Waals surface area contributed by atoms with Gasteiger partial charge in [-0.25, -0.2) is 0 Å². The molecular formula is C19H22N2O5S2. The molecule has 2 aliphatic carbocycles. The molecule has 5 rings (SSSR count). The number of carbonyl (C=O) groups is 3. The SMILES string of the molecule is CC1(C)c2sc(=O)[nH]c2SC2C3CC(C4C(=O)N(CCCC(=O)O)C(=O)C34)C21. The minimum absolute atomic E-state index is 0.0407. The third kappa shape index (κ3) is 2.29. The number of carbonyl (C=O) groups excluding carboxylic acids is 2. The van der Waals surface area contributed by atoms with E-state index in [-0.39, 0.29) is 69.9 Å². The van der Waals surface area contributed by atoms with Gasteiger partial charge in [-0.2, -0.15) is 0 Å². The van der Waals surface area contributed by atoms with E-state index in [2.05, 4.69) is 18.8 Å². The monoisotopic (exact) mass is 422 g/mol. The predicted molar refractivity (Wildman–Crippen MR) is 103 cm³/mol. The lowest BCUT2D eigenvalue weighted by Crippen LogP contribution is -2.48. The average Bonchev–Trinajstić information content (AvgIpc) is 3.32. The molecule has 4 aliphatic rings. The average molecular weight is 423 g/mol. The molecule has 1 aromatic heterocycles.